The molecule has 1 aliphatic carbocycles. The number of nitrogens with zero attached hydrogens (tertiary/aromatic N) is 1. The second kappa shape index (κ2) is 4.73. The molecule has 3 rings (SSSR count). The first-order valence-electron chi connectivity index (χ1n) is 6.43. The lowest BCUT2D eigenvalue weighted by Gasteiger charge is -2.12. The van der Waals surface area contributed by atoms with Crippen LogP contribution in [0.15, 0.2) is 48.3 Å². The predicted molar refractivity (Wildman–Crippen MR) is 72.6 cm³/mol. The summed E-state index contributed by atoms with van der Waals surface area (Å²) in [4.78, 5) is 16.7. The number of hydrogen-bond donors (Lipinski definition) is 0. The van der Waals surface area contributed by atoms with Crippen molar-refractivity contribution in [1.29, 1.82) is 0 Å². The van der Waals surface area contributed by atoms with Crippen molar-refractivity contribution >= 4 is 16.6 Å². The molecule has 2 heteroatoms. The Bertz CT molecular complexity index is 623. The van der Waals surface area contributed by atoms with Crippen molar-refractivity contribution in [2.75, 3.05) is 0 Å². The van der Waals surface area contributed by atoms with Crippen LogP contribution in [0.2, 0.25) is 0 Å². The fourth-order valence-corrected chi connectivity index (χ4v) is 2.51. The molecule has 0 atom stereocenters. The Morgan fingerprint density at radius 1 is 1.11 bits per heavy atom. The smallest absolute Gasteiger partial charge is 0.190 e. The van der Waals surface area contributed by atoms with E-state index in [0.29, 0.717) is 0 Å². The minimum absolute atomic E-state index is 0.152. The van der Waals surface area contributed by atoms with Gasteiger partial charge in [0.1, 0.15) is 0 Å². The molecule has 0 spiro atoms. The van der Waals surface area contributed by atoms with Crippen LogP contribution in [0.5, 0.6) is 0 Å². The van der Waals surface area contributed by atoms with Gasteiger partial charge in [-0.1, -0.05) is 30.3 Å². The maximum Gasteiger partial charge on any atom is 0.190 e. The Kier molecular flexibility index (Phi) is 2.93. The standard InChI is InChI=1S/C16H15NO/c18-16(12-6-2-1-3-7-12)15-11-17-10-13-8-4-5-9-14(13)15/h4-6,8-11H,1-3,7H2. The third-order valence-electron chi connectivity index (χ3n) is 3.50. The van der Waals surface area contributed by atoms with Gasteiger partial charge in [-0.15, -0.1) is 0 Å². The normalized spacial score (nSPS) is 15.4. The van der Waals surface area contributed by atoms with E-state index in [2.05, 4.69) is 11.1 Å². The summed E-state index contributed by atoms with van der Waals surface area (Å²) < 4.78 is 0. The Balaban J connectivity index is 2.09. The van der Waals surface area contributed by atoms with Gasteiger partial charge in [0, 0.05) is 23.3 Å². The first-order valence-corrected chi connectivity index (χ1v) is 6.43. The van der Waals surface area contributed by atoms with Crippen molar-refractivity contribution in [3.63, 3.8) is 0 Å². The molecule has 2 nitrogen and oxygen atoms in total. The number of Topliss-reactive ketones (excluding diaryl/α,β-unsaturated/α-hetero) is 1. The van der Waals surface area contributed by atoms with Crippen LogP contribution >= 0.6 is 0 Å². The van der Waals surface area contributed by atoms with Crippen molar-refractivity contribution in [3.05, 3.63) is 53.9 Å². The molecule has 0 amide bonds. The molecule has 1 aromatic heterocycles. The Labute approximate surface area is 106 Å². The van der Waals surface area contributed by atoms with Gasteiger partial charge in [-0.05, 0) is 36.6 Å². The van der Waals surface area contributed by atoms with Gasteiger partial charge in [-0.25, -0.2) is 0 Å². The first kappa shape index (κ1) is 11.1. The minimum atomic E-state index is 0.152. The highest BCUT2D eigenvalue weighted by Gasteiger charge is 2.16. The average molecular weight is 237 g/mol. The number of fused-ring (bicyclic) bond motifs is 1. The van der Waals surface area contributed by atoms with Crippen LogP contribution in [0.25, 0.3) is 10.8 Å². The average Bonchev–Trinajstić information content (AvgIpc) is 2.47. The van der Waals surface area contributed by atoms with Gasteiger partial charge in [-0.3, -0.25) is 9.78 Å². The fraction of sp³-hybridized carbons (Fsp3) is 0.250. The second-order valence-corrected chi connectivity index (χ2v) is 4.71. The highest BCUT2D eigenvalue weighted by Crippen LogP contribution is 2.25. The minimum Gasteiger partial charge on any atom is -0.289 e. The number of hydrogen-bond acceptors (Lipinski definition) is 2. The number of benzene rings is 1. The van der Waals surface area contributed by atoms with Gasteiger partial charge in [0.25, 0.3) is 0 Å². The summed E-state index contributed by atoms with van der Waals surface area (Å²) in [6.07, 6.45) is 9.84. The molecule has 0 radical (unpaired) electrons. The van der Waals surface area contributed by atoms with E-state index in [1.807, 2.05) is 24.3 Å². The second-order valence-electron chi connectivity index (χ2n) is 4.71. The molecule has 1 heterocycles. The molecule has 90 valence electrons. The van der Waals surface area contributed by atoms with E-state index in [1.165, 1.54) is 6.42 Å². The Morgan fingerprint density at radius 3 is 2.83 bits per heavy atom. The zero-order valence-electron chi connectivity index (χ0n) is 10.2. The van der Waals surface area contributed by atoms with Gasteiger partial charge < -0.3 is 0 Å². The highest BCUT2D eigenvalue weighted by atomic mass is 16.1. The van der Waals surface area contributed by atoms with Crippen LogP contribution in [-0.2, 0) is 0 Å². The largest absolute Gasteiger partial charge is 0.289 e. The predicted octanol–water partition coefficient (Wildman–Crippen LogP) is 3.92. The maximum absolute atomic E-state index is 12.5. The zero-order chi connectivity index (χ0) is 12.4. The van der Waals surface area contributed by atoms with Crippen molar-refractivity contribution in [2.24, 2.45) is 0 Å². The molecule has 0 bridgehead atoms. The molecular formula is C16H15NO. The summed E-state index contributed by atoms with van der Waals surface area (Å²) in [5.74, 6) is 0.152. The van der Waals surface area contributed by atoms with E-state index < -0.39 is 0 Å². The highest BCUT2D eigenvalue weighted by molar-refractivity contribution is 6.15. The quantitative estimate of drug-likeness (QED) is 0.741. The van der Waals surface area contributed by atoms with Gasteiger partial charge in [-0.2, -0.15) is 0 Å². The summed E-state index contributed by atoms with van der Waals surface area (Å²) in [5, 5.41) is 2.03. The summed E-state index contributed by atoms with van der Waals surface area (Å²) in [6.45, 7) is 0. The molecule has 1 aromatic carbocycles. The van der Waals surface area contributed by atoms with Crippen molar-refractivity contribution < 1.29 is 4.79 Å². The molecular weight excluding hydrogens is 222 g/mol. The lowest BCUT2D eigenvalue weighted by Crippen LogP contribution is -2.07. The van der Waals surface area contributed by atoms with E-state index in [-0.39, 0.29) is 5.78 Å². The van der Waals surface area contributed by atoms with Crippen LogP contribution < -0.4 is 0 Å². The molecule has 0 unspecified atom stereocenters. The number of ketones is 1. The summed E-state index contributed by atoms with van der Waals surface area (Å²) in [7, 11) is 0. The molecule has 18 heavy (non-hydrogen) atoms. The summed E-state index contributed by atoms with van der Waals surface area (Å²) in [5.41, 5.74) is 1.70. The van der Waals surface area contributed by atoms with Gasteiger partial charge in [0.2, 0.25) is 0 Å². The van der Waals surface area contributed by atoms with Gasteiger partial charge >= 0.3 is 0 Å². The number of aromatic nitrogens is 1. The van der Waals surface area contributed by atoms with Crippen LogP contribution in [0.3, 0.4) is 0 Å². The van der Waals surface area contributed by atoms with Crippen molar-refractivity contribution in [3.8, 4) is 0 Å². The topological polar surface area (TPSA) is 30.0 Å². The number of carbonyl (C=O) groups is 1. The summed E-state index contributed by atoms with van der Waals surface area (Å²) >= 11 is 0. The third kappa shape index (κ3) is 1.94. The molecule has 0 N–H and O–H groups in total. The van der Waals surface area contributed by atoms with Crippen LogP contribution in [0.1, 0.15) is 36.0 Å². The maximum atomic E-state index is 12.5. The molecule has 1 aliphatic rings. The number of pyridine rings is 1. The lowest BCUT2D eigenvalue weighted by molar-refractivity contribution is 0.103. The fourth-order valence-electron chi connectivity index (χ4n) is 2.51. The molecule has 2 aromatic rings. The van der Waals surface area contributed by atoms with Crippen LogP contribution in [0.4, 0.5) is 0 Å². The molecule has 0 fully saturated rings. The molecule has 0 saturated heterocycles. The summed E-state index contributed by atoms with van der Waals surface area (Å²) in [6, 6.07) is 7.93. The van der Waals surface area contributed by atoms with Gasteiger partial charge in [0.05, 0.1) is 0 Å². The number of carbonyl (C=O) groups excluding carboxylic acids is 1. The number of allylic oxidation sites excluding steroid dienone is 2. The Hall–Kier alpha value is -1.96. The Morgan fingerprint density at radius 2 is 2.00 bits per heavy atom. The van der Waals surface area contributed by atoms with Gasteiger partial charge in [0.15, 0.2) is 5.78 Å². The monoisotopic (exact) mass is 237 g/mol. The lowest BCUT2D eigenvalue weighted by atomic mass is 9.92. The van der Waals surface area contributed by atoms with E-state index >= 15 is 0 Å². The van der Waals surface area contributed by atoms with E-state index in [0.717, 1.165) is 41.2 Å². The van der Waals surface area contributed by atoms with Crippen LogP contribution in [0, 0.1) is 0 Å². The van der Waals surface area contributed by atoms with E-state index in [9.17, 15) is 4.79 Å². The van der Waals surface area contributed by atoms with Crippen LogP contribution in [-0.4, -0.2) is 10.8 Å². The first-order chi connectivity index (χ1) is 8.86. The van der Waals surface area contributed by atoms with Crippen molar-refractivity contribution in [2.45, 2.75) is 25.7 Å². The van der Waals surface area contributed by atoms with E-state index in [4.69, 9.17) is 0 Å². The van der Waals surface area contributed by atoms with Crippen molar-refractivity contribution in [1.82, 2.24) is 4.98 Å². The molecule has 0 saturated carbocycles. The van der Waals surface area contributed by atoms with E-state index in [1.54, 1.807) is 12.4 Å². The SMILES string of the molecule is O=C(C1=CCCCC1)c1cncc2ccccc12. The third-order valence-corrected chi connectivity index (χ3v) is 3.50. The number of rotatable bonds is 2. The molecule has 0 aliphatic heterocycles. The zero-order valence-corrected chi connectivity index (χ0v) is 10.2.